The molecular formula is C21H21ClFN5. The van der Waals surface area contributed by atoms with E-state index in [1.807, 2.05) is 42.5 Å². The maximum absolute atomic E-state index is 14.0. The number of halogens is 2. The Hall–Kier alpha value is -2.86. The van der Waals surface area contributed by atoms with Crippen LogP contribution in [0.25, 0.3) is 0 Å². The molecule has 1 N–H and O–H groups in total. The zero-order valence-corrected chi connectivity index (χ0v) is 16.1. The second-order valence-electron chi connectivity index (χ2n) is 6.64. The predicted octanol–water partition coefficient (Wildman–Crippen LogP) is 4.21. The van der Waals surface area contributed by atoms with Crippen LogP contribution in [0.1, 0.15) is 5.56 Å². The summed E-state index contributed by atoms with van der Waals surface area (Å²) in [5.41, 5.74) is 1.77. The lowest BCUT2D eigenvalue weighted by atomic mass is 10.2. The zero-order valence-electron chi connectivity index (χ0n) is 15.4. The summed E-state index contributed by atoms with van der Waals surface area (Å²) in [5.74, 6) is 1.29. The molecule has 0 bridgehead atoms. The van der Waals surface area contributed by atoms with Crippen LogP contribution in [0.3, 0.4) is 0 Å². The molecule has 1 aromatic heterocycles. The van der Waals surface area contributed by atoms with E-state index in [4.69, 9.17) is 11.6 Å². The first-order chi connectivity index (χ1) is 13.7. The van der Waals surface area contributed by atoms with E-state index in [-0.39, 0.29) is 5.82 Å². The maximum Gasteiger partial charge on any atom is 0.224 e. The normalized spacial score (nSPS) is 14.2. The Bertz CT molecular complexity index is 926. The Labute approximate surface area is 168 Å². The molecule has 0 amide bonds. The summed E-state index contributed by atoms with van der Waals surface area (Å²) in [5, 5.41) is 3.97. The molecule has 3 aromatic rings. The van der Waals surface area contributed by atoms with Gasteiger partial charge in [-0.05, 0) is 35.9 Å². The number of benzene rings is 2. The fraction of sp³-hybridized carbons (Fsp3) is 0.238. The second kappa shape index (κ2) is 8.44. The van der Waals surface area contributed by atoms with Crippen LogP contribution < -0.4 is 15.1 Å². The minimum atomic E-state index is -0.174. The topological polar surface area (TPSA) is 44.3 Å². The Morgan fingerprint density at radius 2 is 1.64 bits per heavy atom. The largest absolute Gasteiger partial charge is 0.366 e. The van der Waals surface area contributed by atoms with Crippen molar-refractivity contribution < 1.29 is 4.39 Å². The van der Waals surface area contributed by atoms with Gasteiger partial charge in [-0.3, -0.25) is 0 Å². The van der Waals surface area contributed by atoms with Crippen molar-refractivity contribution in [3.05, 3.63) is 77.2 Å². The average Bonchev–Trinajstić information content (AvgIpc) is 2.74. The summed E-state index contributed by atoms with van der Waals surface area (Å²) in [6.07, 6.45) is 1.76. The van der Waals surface area contributed by atoms with Gasteiger partial charge in [-0.2, -0.15) is 4.98 Å². The number of hydrogen-bond acceptors (Lipinski definition) is 5. The van der Waals surface area contributed by atoms with Gasteiger partial charge in [-0.25, -0.2) is 9.37 Å². The smallest absolute Gasteiger partial charge is 0.224 e. The monoisotopic (exact) mass is 397 g/mol. The van der Waals surface area contributed by atoms with E-state index in [2.05, 4.69) is 25.1 Å². The van der Waals surface area contributed by atoms with Crippen molar-refractivity contribution in [3.8, 4) is 0 Å². The summed E-state index contributed by atoms with van der Waals surface area (Å²) in [6.45, 7) is 3.68. The summed E-state index contributed by atoms with van der Waals surface area (Å²) >= 11 is 5.92. The quantitative estimate of drug-likeness (QED) is 0.698. The summed E-state index contributed by atoms with van der Waals surface area (Å²) in [4.78, 5) is 13.2. The lowest BCUT2D eigenvalue weighted by molar-refractivity contribution is 0.596. The van der Waals surface area contributed by atoms with E-state index in [0.717, 1.165) is 42.6 Å². The van der Waals surface area contributed by atoms with Crippen LogP contribution in [0.15, 0.2) is 60.8 Å². The molecule has 0 spiro atoms. The van der Waals surface area contributed by atoms with Crippen molar-refractivity contribution in [1.29, 1.82) is 0 Å². The van der Waals surface area contributed by atoms with Crippen LogP contribution in [0, 0.1) is 5.82 Å². The van der Waals surface area contributed by atoms with Gasteiger partial charge in [0.05, 0.1) is 5.69 Å². The SMILES string of the molecule is Fc1ccccc1N1CCN(c2ccnc(NCc3ccc(Cl)cc3)n2)CC1. The fourth-order valence-corrected chi connectivity index (χ4v) is 3.40. The minimum absolute atomic E-state index is 0.174. The second-order valence-corrected chi connectivity index (χ2v) is 7.08. The van der Waals surface area contributed by atoms with Gasteiger partial charge in [0.2, 0.25) is 5.95 Å². The maximum atomic E-state index is 14.0. The zero-order chi connectivity index (χ0) is 19.3. The molecule has 2 heterocycles. The molecule has 0 saturated carbocycles. The highest BCUT2D eigenvalue weighted by atomic mass is 35.5. The van der Waals surface area contributed by atoms with Crippen LogP contribution in [-0.2, 0) is 6.54 Å². The van der Waals surface area contributed by atoms with Crippen LogP contribution in [0.2, 0.25) is 5.02 Å². The Kier molecular flexibility index (Phi) is 5.58. The lowest BCUT2D eigenvalue weighted by Crippen LogP contribution is -2.47. The molecule has 0 aliphatic carbocycles. The number of aromatic nitrogens is 2. The van der Waals surface area contributed by atoms with E-state index in [1.165, 1.54) is 6.07 Å². The van der Waals surface area contributed by atoms with Gasteiger partial charge in [-0.1, -0.05) is 35.9 Å². The molecule has 5 nitrogen and oxygen atoms in total. The highest BCUT2D eigenvalue weighted by molar-refractivity contribution is 6.30. The molecule has 144 valence electrons. The minimum Gasteiger partial charge on any atom is -0.366 e. The Morgan fingerprint density at radius 3 is 2.39 bits per heavy atom. The third-order valence-corrected chi connectivity index (χ3v) is 5.05. The third-order valence-electron chi connectivity index (χ3n) is 4.80. The molecule has 7 heteroatoms. The van der Waals surface area contributed by atoms with Gasteiger partial charge in [-0.15, -0.1) is 0 Å². The standard InChI is InChI=1S/C21H21ClFN5/c22-17-7-5-16(6-8-17)15-25-21-24-10-9-20(26-21)28-13-11-27(12-14-28)19-4-2-1-3-18(19)23/h1-10H,11-15H2,(H,24,25,26). The first kappa shape index (κ1) is 18.5. The van der Waals surface area contributed by atoms with Crippen LogP contribution in [-0.4, -0.2) is 36.1 Å². The summed E-state index contributed by atoms with van der Waals surface area (Å²) in [6, 6.07) is 16.5. The van der Waals surface area contributed by atoms with Crippen molar-refractivity contribution >= 4 is 29.1 Å². The molecule has 0 radical (unpaired) electrons. The molecule has 1 aliphatic heterocycles. The van der Waals surface area contributed by atoms with E-state index in [0.29, 0.717) is 18.2 Å². The molecular weight excluding hydrogens is 377 g/mol. The van der Waals surface area contributed by atoms with Gasteiger partial charge >= 0.3 is 0 Å². The van der Waals surface area contributed by atoms with E-state index < -0.39 is 0 Å². The molecule has 4 rings (SSSR count). The molecule has 1 fully saturated rings. The van der Waals surface area contributed by atoms with Gasteiger partial charge < -0.3 is 15.1 Å². The van der Waals surface area contributed by atoms with Gasteiger partial charge in [0.15, 0.2) is 0 Å². The van der Waals surface area contributed by atoms with Crippen molar-refractivity contribution in [2.45, 2.75) is 6.54 Å². The molecule has 1 aliphatic rings. The van der Waals surface area contributed by atoms with Crippen molar-refractivity contribution in [1.82, 2.24) is 9.97 Å². The number of piperazine rings is 1. The van der Waals surface area contributed by atoms with Crippen molar-refractivity contribution in [3.63, 3.8) is 0 Å². The summed E-state index contributed by atoms with van der Waals surface area (Å²) < 4.78 is 14.0. The van der Waals surface area contributed by atoms with E-state index in [9.17, 15) is 4.39 Å². The number of para-hydroxylation sites is 1. The van der Waals surface area contributed by atoms with Gasteiger partial charge in [0.1, 0.15) is 11.6 Å². The lowest BCUT2D eigenvalue weighted by Gasteiger charge is -2.36. The van der Waals surface area contributed by atoms with E-state index >= 15 is 0 Å². The van der Waals surface area contributed by atoms with Crippen molar-refractivity contribution in [2.75, 3.05) is 41.3 Å². The van der Waals surface area contributed by atoms with Gasteiger partial charge in [0, 0.05) is 43.9 Å². The molecule has 0 atom stereocenters. The van der Waals surface area contributed by atoms with Gasteiger partial charge in [0.25, 0.3) is 0 Å². The average molecular weight is 398 g/mol. The van der Waals surface area contributed by atoms with Crippen molar-refractivity contribution in [2.24, 2.45) is 0 Å². The molecule has 0 unspecified atom stereocenters. The highest BCUT2D eigenvalue weighted by Crippen LogP contribution is 2.22. The third kappa shape index (κ3) is 4.34. The Morgan fingerprint density at radius 1 is 0.929 bits per heavy atom. The van der Waals surface area contributed by atoms with Crippen LogP contribution >= 0.6 is 11.6 Å². The number of anilines is 3. The number of hydrogen-bond donors (Lipinski definition) is 1. The summed E-state index contributed by atoms with van der Waals surface area (Å²) in [7, 11) is 0. The molecule has 2 aromatic carbocycles. The van der Waals surface area contributed by atoms with Crippen LogP contribution in [0.5, 0.6) is 0 Å². The predicted molar refractivity (Wildman–Crippen MR) is 112 cm³/mol. The number of nitrogens with zero attached hydrogens (tertiary/aromatic N) is 4. The fourth-order valence-electron chi connectivity index (χ4n) is 3.28. The number of rotatable bonds is 5. The first-order valence-corrected chi connectivity index (χ1v) is 9.62. The number of nitrogens with one attached hydrogen (secondary N) is 1. The van der Waals surface area contributed by atoms with E-state index in [1.54, 1.807) is 12.3 Å². The van der Waals surface area contributed by atoms with Crippen LogP contribution in [0.4, 0.5) is 21.8 Å². The highest BCUT2D eigenvalue weighted by Gasteiger charge is 2.20. The molecule has 1 saturated heterocycles. The first-order valence-electron chi connectivity index (χ1n) is 9.25. The Balaban J connectivity index is 1.37. The molecule has 28 heavy (non-hydrogen) atoms.